The Morgan fingerprint density at radius 3 is 2.83 bits per heavy atom. The van der Waals surface area contributed by atoms with Crippen LogP contribution >= 0.6 is 11.3 Å². The van der Waals surface area contributed by atoms with E-state index < -0.39 is 15.9 Å². The van der Waals surface area contributed by atoms with Crippen LogP contribution in [0.15, 0.2) is 44.4 Å². The zero-order chi connectivity index (χ0) is 20.4. The van der Waals surface area contributed by atoms with Gasteiger partial charge in [0.2, 0.25) is 17.6 Å². The van der Waals surface area contributed by atoms with Gasteiger partial charge in [-0.25, -0.2) is 13.1 Å². The minimum absolute atomic E-state index is 0.0891. The molecule has 152 valence electrons. The summed E-state index contributed by atoms with van der Waals surface area (Å²) in [6, 6.07) is 8.77. The molecule has 1 aliphatic rings. The molecule has 2 aromatic heterocycles. The summed E-state index contributed by atoms with van der Waals surface area (Å²) in [6.07, 6.45) is 3.24. The van der Waals surface area contributed by atoms with E-state index in [1.54, 1.807) is 17.5 Å². The van der Waals surface area contributed by atoms with Crippen molar-refractivity contribution < 1.29 is 17.7 Å². The Labute approximate surface area is 172 Å². The number of nitrogens with one attached hydrogen (secondary N) is 2. The highest BCUT2D eigenvalue weighted by molar-refractivity contribution is 7.91. The van der Waals surface area contributed by atoms with Gasteiger partial charge in [-0.2, -0.15) is 4.98 Å². The Morgan fingerprint density at radius 2 is 2.10 bits per heavy atom. The molecule has 0 unspecified atom stereocenters. The number of aryl methyl sites for hydroxylation is 1. The molecule has 8 nitrogen and oxygen atoms in total. The van der Waals surface area contributed by atoms with Crippen LogP contribution in [0, 0.1) is 6.92 Å². The fraction of sp³-hybridized carbons (Fsp3) is 0.316. The van der Waals surface area contributed by atoms with Gasteiger partial charge in [0, 0.05) is 22.5 Å². The highest BCUT2D eigenvalue weighted by atomic mass is 32.2. The van der Waals surface area contributed by atoms with Gasteiger partial charge in [-0.15, -0.1) is 11.3 Å². The molecule has 1 aromatic carbocycles. The average molecular weight is 433 g/mol. The highest BCUT2D eigenvalue weighted by Crippen LogP contribution is 2.36. The molecule has 0 spiro atoms. The molecule has 1 amide bonds. The smallest absolute Gasteiger partial charge is 0.250 e. The summed E-state index contributed by atoms with van der Waals surface area (Å²) in [5, 5.41) is 8.31. The fourth-order valence-electron chi connectivity index (χ4n) is 2.89. The maximum Gasteiger partial charge on any atom is 0.250 e. The quantitative estimate of drug-likeness (QED) is 0.592. The summed E-state index contributed by atoms with van der Waals surface area (Å²) in [7, 11) is -3.83. The molecule has 1 saturated carbocycles. The maximum absolute atomic E-state index is 12.5. The van der Waals surface area contributed by atoms with E-state index in [9.17, 15) is 13.2 Å². The number of sulfonamides is 1. The first-order chi connectivity index (χ1) is 13.9. The first-order valence-corrected chi connectivity index (χ1v) is 11.6. The topological polar surface area (TPSA) is 114 Å². The second-order valence-corrected chi connectivity index (χ2v) is 9.83. The van der Waals surface area contributed by atoms with Crippen LogP contribution in [0.1, 0.15) is 36.6 Å². The molecule has 29 heavy (non-hydrogen) atoms. The number of carbonyl (C=O) groups is 1. The van der Waals surface area contributed by atoms with Crippen LogP contribution in [-0.4, -0.2) is 31.0 Å². The number of para-hydroxylation sites is 1. The number of nitrogens with zero attached hydrogens (tertiary/aromatic N) is 2. The normalized spacial score (nSPS) is 14.5. The molecule has 2 heterocycles. The molecule has 0 aliphatic heterocycles. The number of thiophene rings is 1. The fourth-order valence-corrected chi connectivity index (χ4v) is 5.07. The lowest BCUT2D eigenvalue weighted by atomic mass is 9.85. The average Bonchev–Trinajstić information content (AvgIpc) is 3.30. The molecule has 0 radical (unpaired) electrons. The van der Waals surface area contributed by atoms with Crippen LogP contribution in [-0.2, 0) is 14.8 Å². The zero-order valence-electron chi connectivity index (χ0n) is 15.7. The Morgan fingerprint density at radius 1 is 1.31 bits per heavy atom. The second kappa shape index (κ2) is 8.05. The maximum atomic E-state index is 12.5. The lowest BCUT2D eigenvalue weighted by molar-refractivity contribution is -0.115. The standard InChI is InChI=1S/C19H20N4O4S2/c1-12-5-2-3-8-15(12)21-16(24)10-20-29(25,26)17-9-14(11-28-17)18-22-19(27-23-18)13-6-4-7-13/h2-3,5,8-9,11,13,20H,4,6-7,10H2,1H3,(H,21,24). The SMILES string of the molecule is Cc1ccccc1NC(=O)CNS(=O)(=O)c1cc(-c2noc(C3CCC3)n2)cs1. The Balaban J connectivity index is 1.39. The van der Waals surface area contributed by atoms with Crippen molar-refractivity contribution in [3.8, 4) is 11.4 Å². The van der Waals surface area contributed by atoms with Crippen molar-refractivity contribution in [2.75, 3.05) is 11.9 Å². The number of rotatable bonds is 7. The number of hydrogen-bond donors (Lipinski definition) is 2. The van der Waals surface area contributed by atoms with Gasteiger partial charge >= 0.3 is 0 Å². The molecular formula is C19H20N4O4S2. The van der Waals surface area contributed by atoms with Crippen molar-refractivity contribution in [3.05, 3.63) is 47.2 Å². The zero-order valence-corrected chi connectivity index (χ0v) is 17.3. The molecule has 2 N–H and O–H groups in total. The van der Waals surface area contributed by atoms with Crippen LogP contribution in [0.4, 0.5) is 5.69 Å². The third kappa shape index (κ3) is 4.39. The van der Waals surface area contributed by atoms with E-state index in [1.807, 2.05) is 19.1 Å². The number of benzene rings is 1. The summed E-state index contributed by atoms with van der Waals surface area (Å²) in [6.45, 7) is 1.50. The third-order valence-electron chi connectivity index (χ3n) is 4.84. The summed E-state index contributed by atoms with van der Waals surface area (Å²) < 4.78 is 32.8. The largest absolute Gasteiger partial charge is 0.339 e. The van der Waals surface area contributed by atoms with E-state index in [-0.39, 0.29) is 10.8 Å². The van der Waals surface area contributed by atoms with Crippen molar-refractivity contribution >= 4 is 33.0 Å². The van der Waals surface area contributed by atoms with Crippen LogP contribution in [0.3, 0.4) is 0 Å². The van der Waals surface area contributed by atoms with Gasteiger partial charge in [0.25, 0.3) is 10.0 Å². The van der Waals surface area contributed by atoms with Crippen molar-refractivity contribution in [2.24, 2.45) is 0 Å². The summed E-state index contributed by atoms with van der Waals surface area (Å²) in [5.74, 6) is 0.851. The van der Waals surface area contributed by atoms with Crippen LogP contribution in [0.2, 0.25) is 0 Å². The van der Waals surface area contributed by atoms with Crippen molar-refractivity contribution in [1.82, 2.24) is 14.9 Å². The highest BCUT2D eigenvalue weighted by Gasteiger charge is 2.26. The van der Waals surface area contributed by atoms with E-state index in [0.717, 1.165) is 36.2 Å². The van der Waals surface area contributed by atoms with Gasteiger partial charge in [0.15, 0.2) is 0 Å². The Bertz CT molecular complexity index is 1130. The molecule has 0 saturated heterocycles. The van der Waals surface area contributed by atoms with E-state index in [1.165, 1.54) is 6.07 Å². The third-order valence-corrected chi connectivity index (χ3v) is 7.68. The monoisotopic (exact) mass is 432 g/mol. The molecule has 10 heteroatoms. The second-order valence-electron chi connectivity index (χ2n) is 6.93. The van der Waals surface area contributed by atoms with Gasteiger partial charge < -0.3 is 9.84 Å². The molecule has 1 fully saturated rings. The van der Waals surface area contributed by atoms with Crippen LogP contribution in [0.25, 0.3) is 11.4 Å². The van der Waals surface area contributed by atoms with E-state index in [2.05, 4.69) is 20.2 Å². The van der Waals surface area contributed by atoms with E-state index >= 15 is 0 Å². The summed E-state index contributed by atoms with van der Waals surface area (Å²) in [4.78, 5) is 16.5. The molecular weight excluding hydrogens is 412 g/mol. The van der Waals surface area contributed by atoms with Gasteiger partial charge in [0.1, 0.15) is 4.21 Å². The molecule has 1 aliphatic carbocycles. The molecule has 0 bridgehead atoms. The van der Waals surface area contributed by atoms with Crippen LogP contribution < -0.4 is 10.0 Å². The number of aromatic nitrogens is 2. The first-order valence-electron chi connectivity index (χ1n) is 9.20. The molecule has 4 rings (SSSR count). The molecule has 3 aromatic rings. The van der Waals surface area contributed by atoms with Gasteiger partial charge in [-0.05, 0) is 37.5 Å². The summed E-state index contributed by atoms with van der Waals surface area (Å²) in [5.41, 5.74) is 2.12. The lowest BCUT2D eigenvalue weighted by Gasteiger charge is -2.20. The van der Waals surface area contributed by atoms with E-state index in [0.29, 0.717) is 28.9 Å². The number of carbonyl (C=O) groups excluding carboxylic acids is 1. The van der Waals surface area contributed by atoms with E-state index in [4.69, 9.17) is 4.52 Å². The van der Waals surface area contributed by atoms with Crippen LogP contribution in [0.5, 0.6) is 0 Å². The predicted octanol–water partition coefficient (Wildman–Crippen LogP) is 3.29. The Kier molecular flexibility index (Phi) is 5.48. The predicted molar refractivity (Wildman–Crippen MR) is 109 cm³/mol. The lowest BCUT2D eigenvalue weighted by Crippen LogP contribution is -2.32. The van der Waals surface area contributed by atoms with Crippen molar-refractivity contribution in [3.63, 3.8) is 0 Å². The minimum atomic E-state index is -3.83. The first kappa shape index (κ1) is 19.7. The number of amides is 1. The summed E-state index contributed by atoms with van der Waals surface area (Å²) >= 11 is 1.04. The number of anilines is 1. The minimum Gasteiger partial charge on any atom is -0.339 e. The van der Waals surface area contributed by atoms with Gasteiger partial charge in [0.05, 0.1) is 6.54 Å². The molecule has 0 atom stereocenters. The van der Waals surface area contributed by atoms with Gasteiger partial charge in [-0.1, -0.05) is 29.8 Å². The number of hydrogen-bond acceptors (Lipinski definition) is 7. The van der Waals surface area contributed by atoms with Gasteiger partial charge in [-0.3, -0.25) is 4.79 Å². The Hall–Kier alpha value is -2.56. The van der Waals surface area contributed by atoms with Crippen molar-refractivity contribution in [2.45, 2.75) is 36.3 Å². The van der Waals surface area contributed by atoms with Crippen molar-refractivity contribution in [1.29, 1.82) is 0 Å².